The average Bonchev–Trinajstić information content (AvgIpc) is 3.70. The highest BCUT2D eigenvalue weighted by molar-refractivity contribution is 7.69. The molecule has 2 heterocycles. The molecule has 1 N–H and O–H groups in total. The summed E-state index contributed by atoms with van der Waals surface area (Å²) < 4.78 is 50.9. The summed E-state index contributed by atoms with van der Waals surface area (Å²) in [6, 6.07) is 7.52. The summed E-state index contributed by atoms with van der Waals surface area (Å²) in [5.41, 5.74) is 1.74. The third kappa shape index (κ3) is 7.32. The van der Waals surface area contributed by atoms with Gasteiger partial charge in [-0.2, -0.15) is 4.31 Å². The van der Waals surface area contributed by atoms with Crippen LogP contribution in [0.5, 0.6) is 0 Å². The lowest BCUT2D eigenvalue weighted by atomic mass is 9.88. The minimum atomic E-state index is -2.93. The summed E-state index contributed by atoms with van der Waals surface area (Å²) in [4.78, 5) is 30.2. The lowest BCUT2D eigenvalue weighted by Gasteiger charge is -2.24. The van der Waals surface area contributed by atoms with E-state index in [0.717, 1.165) is 18.4 Å². The van der Waals surface area contributed by atoms with Crippen LogP contribution in [0, 0.1) is 17.2 Å². The number of nitrogens with zero attached hydrogens (tertiary/aromatic N) is 2. The Morgan fingerprint density at radius 2 is 1.90 bits per heavy atom. The highest BCUT2D eigenvalue weighted by atomic mass is 32.2. The zero-order chi connectivity index (χ0) is 29.9. The number of carbonyl (C=O) groups is 2. The number of halogens is 1. The molecule has 1 fully saturated rings. The molecule has 2 aromatic heterocycles. The first-order chi connectivity index (χ1) is 19.4. The van der Waals surface area contributed by atoms with Gasteiger partial charge in [-0.05, 0) is 87.3 Å². The van der Waals surface area contributed by atoms with Crippen LogP contribution in [0.25, 0.3) is 22.4 Å². The molecule has 1 saturated carbocycles. The van der Waals surface area contributed by atoms with Gasteiger partial charge in [-0.25, -0.2) is 17.8 Å². The number of nitrogens with one attached hydrogen (secondary N) is 1. The van der Waals surface area contributed by atoms with Crippen LogP contribution in [-0.4, -0.2) is 49.8 Å². The number of furan rings is 1. The molecule has 3 aromatic rings. The molecular weight excluding hydrogens is 549 g/mol. The minimum Gasteiger partial charge on any atom is -0.465 e. The van der Waals surface area contributed by atoms with Crippen molar-refractivity contribution in [2.24, 2.45) is 11.3 Å². The van der Waals surface area contributed by atoms with Crippen molar-refractivity contribution in [3.63, 3.8) is 0 Å². The molecule has 0 saturated heterocycles. The van der Waals surface area contributed by atoms with Crippen LogP contribution in [-0.2, 0) is 27.0 Å². The number of carbonyl (C=O) groups excluding carboxylic acids is 2. The molecule has 0 atom stereocenters. The highest BCUT2D eigenvalue weighted by Crippen LogP contribution is 2.44. The summed E-state index contributed by atoms with van der Waals surface area (Å²) in [5.74, 6) is -0.361. The largest absolute Gasteiger partial charge is 0.465 e. The van der Waals surface area contributed by atoms with Crippen molar-refractivity contribution in [2.45, 2.75) is 65.8 Å². The Hall–Kier alpha value is -3.31. The second kappa shape index (κ2) is 12.7. The van der Waals surface area contributed by atoms with E-state index in [2.05, 4.69) is 5.32 Å². The summed E-state index contributed by atoms with van der Waals surface area (Å²) in [6.07, 6.45) is 2.80. The number of esters is 1. The van der Waals surface area contributed by atoms with Crippen LogP contribution in [0.4, 0.5) is 4.39 Å². The summed E-state index contributed by atoms with van der Waals surface area (Å²) in [5, 5.41) is 3.16. The maximum Gasteiger partial charge on any atom is 0.311 e. The van der Waals surface area contributed by atoms with Crippen LogP contribution in [0.3, 0.4) is 0 Å². The first kappa shape index (κ1) is 30.6. The Balaban J connectivity index is 1.61. The quantitative estimate of drug-likeness (QED) is 0.208. The topological polar surface area (TPSA) is 119 Å². The Morgan fingerprint density at radius 3 is 2.49 bits per heavy atom. The van der Waals surface area contributed by atoms with Gasteiger partial charge in [0, 0.05) is 19.2 Å². The van der Waals surface area contributed by atoms with Crippen LogP contribution in [0.15, 0.2) is 34.7 Å². The SMILES string of the molecule is CNC(=O)c1c(-c2ccc(F)cc2)oc2nc(CN(CCCC(C)(C)C(=O)OCC(C)C)[SH](=O)=O)c(C3CC3)cc12. The van der Waals surface area contributed by atoms with Gasteiger partial charge in [0.15, 0.2) is 0 Å². The van der Waals surface area contributed by atoms with Crippen LogP contribution in [0.2, 0.25) is 0 Å². The predicted octanol–water partition coefficient (Wildman–Crippen LogP) is 5.20. The van der Waals surface area contributed by atoms with E-state index in [1.165, 1.54) is 35.6 Å². The van der Waals surface area contributed by atoms with Crippen molar-refractivity contribution in [3.05, 3.63) is 53.0 Å². The molecule has 0 aliphatic heterocycles. The van der Waals surface area contributed by atoms with Gasteiger partial charge in [-0.1, -0.05) is 13.8 Å². The van der Waals surface area contributed by atoms with Crippen molar-refractivity contribution in [3.8, 4) is 11.3 Å². The Bertz CT molecular complexity index is 1480. The van der Waals surface area contributed by atoms with Gasteiger partial charge in [0.1, 0.15) is 11.6 Å². The molecular formula is C30H38FN3O6S. The molecule has 0 spiro atoms. The molecule has 1 amide bonds. The molecule has 0 radical (unpaired) electrons. The van der Waals surface area contributed by atoms with E-state index in [1.54, 1.807) is 13.8 Å². The number of thiol groups is 1. The van der Waals surface area contributed by atoms with E-state index in [4.69, 9.17) is 14.1 Å². The third-order valence-electron chi connectivity index (χ3n) is 7.25. The van der Waals surface area contributed by atoms with Crippen molar-refractivity contribution in [1.29, 1.82) is 0 Å². The molecule has 11 heteroatoms. The van der Waals surface area contributed by atoms with E-state index < -0.39 is 22.1 Å². The number of ether oxygens (including phenoxy) is 1. The van der Waals surface area contributed by atoms with E-state index in [-0.39, 0.29) is 48.3 Å². The molecule has 0 unspecified atom stereocenters. The lowest BCUT2D eigenvalue weighted by molar-refractivity contribution is -0.155. The standard InChI is InChI=1S/C30H38FN3O6S/c1-18(2)17-39-29(36)30(3,4)13-6-14-34(41(37)38)16-24-22(19-7-8-19)15-23-25(27(35)32-5)26(40-28(23)33-24)20-9-11-21(31)12-10-20/h9-12,15,18-19,41H,6-8,13-14,16-17H2,1-5H3,(H,32,35). The van der Waals surface area contributed by atoms with Crippen molar-refractivity contribution in [1.82, 2.24) is 14.6 Å². The fourth-order valence-electron chi connectivity index (χ4n) is 4.74. The summed E-state index contributed by atoms with van der Waals surface area (Å²) in [7, 11) is -1.41. The smallest absolute Gasteiger partial charge is 0.311 e. The van der Waals surface area contributed by atoms with Crippen LogP contribution < -0.4 is 5.32 Å². The highest BCUT2D eigenvalue weighted by Gasteiger charge is 2.32. The van der Waals surface area contributed by atoms with Crippen molar-refractivity contribution < 1.29 is 31.6 Å². The second-order valence-corrected chi connectivity index (χ2v) is 12.7. The first-order valence-electron chi connectivity index (χ1n) is 13.9. The van der Waals surface area contributed by atoms with Gasteiger partial charge >= 0.3 is 5.97 Å². The Morgan fingerprint density at radius 1 is 1.22 bits per heavy atom. The number of hydrogen-bond donors (Lipinski definition) is 2. The summed E-state index contributed by atoms with van der Waals surface area (Å²) >= 11 is 0. The lowest BCUT2D eigenvalue weighted by Crippen LogP contribution is -2.30. The maximum absolute atomic E-state index is 13.6. The number of hydrogen-bond acceptors (Lipinski definition) is 7. The number of rotatable bonds is 13. The minimum absolute atomic E-state index is 0.0423. The fourth-order valence-corrected chi connectivity index (χ4v) is 5.29. The number of fused-ring (bicyclic) bond motifs is 1. The van der Waals surface area contributed by atoms with Gasteiger partial charge < -0.3 is 14.5 Å². The number of aromatic nitrogens is 1. The molecule has 41 heavy (non-hydrogen) atoms. The van der Waals surface area contributed by atoms with Gasteiger partial charge in [0.2, 0.25) is 16.6 Å². The van der Waals surface area contributed by atoms with Crippen LogP contribution in [0.1, 0.15) is 80.9 Å². The van der Waals surface area contributed by atoms with Gasteiger partial charge in [-0.3, -0.25) is 9.59 Å². The third-order valence-corrected chi connectivity index (χ3v) is 8.06. The Labute approximate surface area is 241 Å². The number of pyridine rings is 1. The second-order valence-electron chi connectivity index (χ2n) is 11.6. The zero-order valence-corrected chi connectivity index (χ0v) is 25.1. The van der Waals surface area contributed by atoms with Gasteiger partial charge in [-0.15, -0.1) is 0 Å². The number of benzene rings is 1. The summed E-state index contributed by atoms with van der Waals surface area (Å²) in [6.45, 7) is 8.14. The molecule has 4 rings (SSSR count). The first-order valence-corrected chi connectivity index (χ1v) is 15.0. The molecule has 9 nitrogen and oxygen atoms in total. The van der Waals surface area contributed by atoms with E-state index in [1.807, 2.05) is 19.9 Å². The average molecular weight is 588 g/mol. The van der Waals surface area contributed by atoms with E-state index in [9.17, 15) is 22.4 Å². The normalized spacial score (nSPS) is 13.9. The zero-order valence-electron chi connectivity index (χ0n) is 24.2. The molecule has 1 aliphatic rings. The molecule has 1 aromatic carbocycles. The van der Waals surface area contributed by atoms with E-state index >= 15 is 0 Å². The van der Waals surface area contributed by atoms with E-state index in [0.29, 0.717) is 41.7 Å². The number of amides is 1. The van der Waals surface area contributed by atoms with Crippen molar-refractivity contribution in [2.75, 3.05) is 20.2 Å². The van der Waals surface area contributed by atoms with Gasteiger partial charge in [0.25, 0.3) is 5.91 Å². The van der Waals surface area contributed by atoms with Crippen LogP contribution >= 0.6 is 0 Å². The Kier molecular flexibility index (Phi) is 9.48. The van der Waals surface area contributed by atoms with Gasteiger partial charge in [0.05, 0.1) is 35.2 Å². The fraction of sp³-hybridized carbons (Fsp3) is 0.500. The van der Waals surface area contributed by atoms with Crippen molar-refractivity contribution >= 4 is 33.9 Å². The molecule has 1 aliphatic carbocycles. The predicted molar refractivity (Wildman–Crippen MR) is 154 cm³/mol. The molecule has 0 bridgehead atoms. The maximum atomic E-state index is 13.6. The molecule has 222 valence electrons. The monoisotopic (exact) mass is 587 g/mol.